The zero-order chi connectivity index (χ0) is 17.6. The molecule has 0 radical (unpaired) electrons. The van der Waals surface area contributed by atoms with Crippen molar-refractivity contribution >= 4 is 27.5 Å². The van der Waals surface area contributed by atoms with Crippen LogP contribution in [0.15, 0.2) is 41.5 Å². The van der Waals surface area contributed by atoms with Gasteiger partial charge in [0.25, 0.3) is 5.56 Å². The van der Waals surface area contributed by atoms with Gasteiger partial charge in [0.2, 0.25) is 0 Å². The second kappa shape index (κ2) is 6.11. The van der Waals surface area contributed by atoms with E-state index < -0.39 is 12.0 Å². The molecule has 0 amide bonds. The molecule has 2 heterocycles. The molecule has 0 aliphatic heterocycles. The second-order valence-corrected chi connectivity index (χ2v) is 7.72. The van der Waals surface area contributed by atoms with E-state index in [9.17, 15) is 14.7 Å². The molecular weight excluding hydrogens is 336 g/mol. The van der Waals surface area contributed by atoms with E-state index >= 15 is 0 Å². The number of hydrogen-bond acceptors (Lipinski definition) is 4. The smallest absolute Gasteiger partial charge is 0.331 e. The molecule has 2 atom stereocenters. The number of carboxylic acid groups (broad SMARTS) is 1. The van der Waals surface area contributed by atoms with Crippen LogP contribution in [0, 0.1) is 5.92 Å². The lowest BCUT2D eigenvalue weighted by Crippen LogP contribution is -2.31. The van der Waals surface area contributed by atoms with Crippen molar-refractivity contribution in [3.05, 3.63) is 63.0 Å². The first-order chi connectivity index (χ1) is 12.1. The highest BCUT2D eigenvalue weighted by atomic mass is 32.1. The molecule has 2 aromatic heterocycles. The van der Waals surface area contributed by atoms with Crippen molar-refractivity contribution in [1.29, 1.82) is 0 Å². The van der Waals surface area contributed by atoms with Crippen molar-refractivity contribution < 1.29 is 9.90 Å². The number of rotatable bonds is 3. The Kier molecular flexibility index (Phi) is 3.92. The molecule has 0 spiro atoms. The molecule has 4 rings (SSSR count). The van der Waals surface area contributed by atoms with Crippen LogP contribution in [0.5, 0.6) is 0 Å². The summed E-state index contributed by atoms with van der Waals surface area (Å²) in [4.78, 5) is 31.4. The lowest BCUT2D eigenvalue weighted by atomic mass is 9.89. The van der Waals surface area contributed by atoms with Crippen molar-refractivity contribution in [2.24, 2.45) is 5.92 Å². The van der Waals surface area contributed by atoms with Crippen LogP contribution in [0.2, 0.25) is 0 Å². The number of aliphatic carboxylic acids is 1. The summed E-state index contributed by atoms with van der Waals surface area (Å²) in [7, 11) is 0. The van der Waals surface area contributed by atoms with Crippen LogP contribution < -0.4 is 5.56 Å². The number of carbonyl (C=O) groups is 1. The second-order valence-electron chi connectivity index (χ2n) is 6.64. The molecule has 6 heteroatoms. The Morgan fingerprint density at radius 3 is 2.84 bits per heavy atom. The summed E-state index contributed by atoms with van der Waals surface area (Å²) >= 11 is 1.57. The summed E-state index contributed by atoms with van der Waals surface area (Å²) in [6.45, 7) is 2.22. The minimum atomic E-state index is -1.07. The zero-order valence-electron chi connectivity index (χ0n) is 13.8. The van der Waals surface area contributed by atoms with Gasteiger partial charge in [-0.1, -0.05) is 37.3 Å². The van der Waals surface area contributed by atoms with Gasteiger partial charge in [-0.15, -0.1) is 11.3 Å². The molecule has 25 heavy (non-hydrogen) atoms. The van der Waals surface area contributed by atoms with Gasteiger partial charge in [0.15, 0.2) is 6.04 Å². The van der Waals surface area contributed by atoms with Gasteiger partial charge in [0, 0.05) is 4.88 Å². The van der Waals surface area contributed by atoms with Crippen LogP contribution in [-0.4, -0.2) is 20.6 Å². The summed E-state index contributed by atoms with van der Waals surface area (Å²) in [6, 6.07) is 7.75. The minimum Gasteiger partial charge on any atom is -0.479 e. The summed E-state index contributed by atoms with van der Waals surface area (Å²) in [5.74, 6) is -0.453. The Morgan fingerprint density at radius 2 is 2.12 bits per heavy atom. The Bertz CT molecular complexity index is 1010. The number of fused-ring (bicyclic) bond motifs is 3. The van der Waals surface area contributed by atoms with E-state index in [-0.39, 0.29) is 5.56 Å². The molecule has 1 N–H and O–H groups in total. The number of thiophene rings is 1. The fourth-order valence-electron chi connectivity index (χ4n) is 3.59. The highest BCUT2D eigenvalue weighted by Gasteiger charge is 2.27. The van der Waals surface area contributed by atoms with Crippen LogP contribution in [0.25, 0.3) is 10.2 Å². The maximum absolute atomic E-state index is 13.1. The van der Waals surface area contributed by atoms with Gasteiger partial charge in [0.05, 0.1) is 5.39 Å². The summed E-state index contributed by atoms with van der Waals surface area (Å²) in [5, 5.41) is 10.3. The molecule has 1 aliphatic rings. The Balaban J connectivity index is 1.92. The highest BCUT2D eigenvalue weighted by molar-refractivity contribution is 7.18. The number of aryl methyl sites for hydroxylation is 1. The standard InChI is InChI=1S/C19H18N2O3S/c1-11-7-8-13-14(9-11)25-17-15(13)18(22)21(10-20-17)16(19(23)24)12-5-3-2-4-6-12/h2-6,10-11,16H,7-9H2,1H3,(H,23,24). The first kappa shape index (κ1) is 16.0. The SMILES string of the molecule is CC1CCc2c(sc3ncn(C(C(=O)O)c4ccccc4)c(=O)c23)C1. The molecule has 1 aliphatic carbocycles. The van der Waals surface area contributed by atoms with Crippen molar-refractivity contribution in [2.45, 2.75) is 32.2 Å². The van der Waals surface area contributed by atoms with Gasteiger partial charge < -0.3 is 5.11 Å². The Labute approximate surface area is 148 Å². The van der Waals surface area contributed by atoms with Gasteiger partial charge in [0.1, 0.15) is 11.2 Å². The number of nitrogens with zero attached hydrogens (tertiary/aromatic N) is 2. The van der Waals surface area contributed by atoms with Gasteiger partial charge in [-0.3, -0.25) is 9.36 Å². The van der Waals surface area contributed by atoms with E-state index in [0.29, 0.717) is 16.9 Å². The van der Waals surface area contributed by atoms with Crippen molar-refractivity contribution in [2.75, 3.05) is 0 Å². The number of aromatic nitrogens is 2. The van der Waals surface area contributed by atoms with Crippen molar-refractivity contribution in [1.82, 2.24) is 9.55 Å². The van der Waals surface area contributed by atoms with Crippen LogP contribution in [-0.2, 0) is 17.6 Å². The maximum Gasteiger partial charge on any atom is 0.331 e. The third kappa shape index (κ3) is 2.66. The van der Waals surface area contributed by atoms with Gasteiger partial charge in [-0.05, 0) is 36.3 Å². The number of benzene rings is 1. The van der Waals surface area contributed by atoms with E-state index in [1.807, 2.05) is 6.07 Å². The lowest BCUT2D eigenvalue weighted by Gasteiger charge is -2.18. The molecule has 128 valence electrons. The first-order valence-corrected chi connectivity index (χ1v) is 9.17. The Morgan fingerprint density at radius 1 is 1.36 bits per heavy atom. The van der Waals surface area contributed by atoms with E-state index in [2.05, 4.69) is 11.9 Å². The van der Waals surface area contributed by atoms with Gasteiger partial charge in [-0.2, -0.15) is 0 Å². The third-order valence-electron chi connectivity index (χ3n) is 4.87. The number of hydrogen-bond donors (Lipinski definition) is 1. The average Bonchev–Trinajstić information content (AvgIpc) is 2.96. The normalized spacial score (nSPS) is 18.0. The quantitative estimate of drug-likeness (QED) is 0.784. The van der Waals surface area contributed by atoms with E-state index in [1.165, 1.54) is 15.8 Å². The van der Waals surface area contributed by atoms with Gasteiger partial charge in [-0.25, -0.2) is 9.78 Å². The molecule has 1 aromatic carbocycles. The molecule has 3 aromatic rings. The summed E-state index contributed by atoms with van der Waals surface area (Å²) < 4.78 is 1.25. The first-order valence-electron chi connectivity index (χ1n) is 8.35. The molecule has 2 unspecified atom stereocenters. The fourth-order valence-corrected chi connectivity index (χ4v) is 4.93. The van der Waals surface area contributed by atoms with Crippen LogP contribution in [0.4, 0.5) is 0 Å². The molecule has 0 saturated heterocycles. The molecule has 0 saturated carbocycles. The third-order valence-corrected chi connectivity index (χ3v) is 6.03. The molecule has 0 bridgehead atoms. The van der Waals surface area contributed by atoms with Crippen molar-refractivity contribution in [3.8, 4) is 0 Å². The van der Waals surface area contributed by atoms with Crippen LogP contribution in [0.1, 0.15) is 35.4 Å². The van der Waals surface area contributed by atoms with E-state index in [1.54, 1.807) is 35.6 Å². The summed E-state index contributed by atoms with van der Waals surface area (Å²) in [6.07, 6.45) is 4.26. The topological polar surface area (TPSA) is 72.2 Å². The highest BCUT2D eigenvalue weighted by Crippen LogP contribution is 2.35. The maximum atomic E-state index is 13.1. The van der Waals surface area contributed by atoms with Crippen LogP contribution >= 0.6 is 11.3 Å². The average molecular weight is 354 g/mol. The number of carboxylic acids is 1. The predicted octanol–water partition coefficient (Wildman–Crippen LogP) is 3.26. The van der Waals surface area contributed by atoms with E-state index in [4.69, 9.17) is 0 Å². The summed E-state index contributed by atoms with van der Waals surface area (Å²) in [5.41, 5.74) is 1.38. The minimum absolute atomic E-state index is 0.256. The monoisotopic (exact) mass is 354 g/mol. The largest absolute Gasteiger partial charge is 0.479 e. The van der Waals surface area contributed by atoms with E-state index in [0.717, 1.165) is 29.7 Å². The predicted molar refractivity (Wildman–Crippen MR) is 97.3 cm³/mol. The van der Waals surface area contributed by atoms with Crippen LogP contribution in [0.3, 0.4) is 0 Å². The lowest BCUT2D eigenvalue weighted by molar-refractivity contribution is -0.139. The fraction of sp³-hybridized carbons (Fsp3) is 0.316. The molecule has 0 fully saturated rings. The zero-order valence-corrected chi connectivity index (χ0v) is 14.6. The Hall–Kier alpha value is -2.47. The molecule has 5 nitrogen and oxygen atoms in total. The van der Waals surface area contributed by atoms with Gasteiger partial charge >= 0.3 is 5.97 Å². The molecular formula is C19H18N2O3S. The van der Waals surface area contributed by atoms with Crippen molar-refractivity contribution in [3.63, 3.8) is 0 Å².